The fourth-order valence-electron chi connectivity index (χ4n) is 3.24. The monoisotopic (exact) mass is 285 g/mol. The highest BCUT2D eigenvalue weighted by atomic mass is 15.4. The highest BCUT2D eigenvalue weighted by molar-refractivity contribution is 5.47. The maximum absolute atomic E-state index is 4.75. The Morgan fingerprint density at radius 3 is 2.90 bits per heavy atom. The first-order chi connectivity index (χ1) is 10.3. The lowest BCUT2D eigenvalue weighted by atomic mass is 10.0. The number of nitrogens with zero attached hydrogens (tertiary/aromatic N) is 4. The quantitative estimate of drug-likeness (QED) is 0.935. The summed E-state index contributed by atoms with van der Waals surface area (Å²) in [5, 5.41) is 8.39. The lowest BCUT2D eigenvalue weighted by molar-refractivity contribution is 0.397. The van der Waals surface area contributed by atoms with E-state index >= 15 is 0 Å². The first-order valence-electron chi connectivity index (χ1n) is 8.14. The first-order valence-corrected chi connectivity index (χ1v) is 8.14. The molecule has 2 aromatic heterocycles. The number of rotatable bonds is 4. The lowest BCUT2D eigenvalue weighted by Gasteiger charge is -2.30. The van der Waals surface area contributed by atoms with Crippen LogP contribution < -0.4 is 10.2 Å². The minimum absolute atomic E-state index is 0.590. The Kier molecular flexibility index (Phi) is 3.30. The SMILES string of the molecule is Cc1cccc2nc(N(CC3CCCCN3)C3CC3)nn12. The molecule has 1 saturated carbocycles. The van der Waals surface area contributed by atoms with Crippen molar-refractivity contribution in [1.29, 1.82) is 0 Å². The van der Waals surface area contributed by atoms with Gasteiger partial charge in [0.15, 0.2) is 5.65 Å². The van der Waals surface area contributed by atoms with Gasteiger partial charge in [-0.2, -0.15) is 4.98 Å². The number of aromatic nitrogens is 3. The van der Waals surface area contributed by atoms with Crippen LogP contribution in [0.15, 0.2) is 18.2 Å². The van der Waals surface area contributed by atoms with E-state index in [9.17, 15) is 0 Å². The topological polar surface area (TPSA) is 45.5 Å². The van der Waals surface area contributed by atoms with Crippen LogP contribution in [0.1, 0.15) is 37.8 Å². The fourth-order valence-corrected chi connectivity index (χ4v) is 3.24. The highest BCUT2D eigenvalue weighted by Crippen LogP contribution is 2.31. The van der Waals surface area contributed by atoms with Gasteiger partial charge >= 0.3 is 0 Å². The van der Waals surface area contributed by atoms with Crippen molar-refractivity contribution in [2.24, 2.45) is 0 Å². The van der Waals surface area contributed by atoms with Gasteiger partial charge in [-0.3, -0.25) is 0 Å². The number of nitrogens with one attached hydrogen (secondary N) is 1. The van der Waals surface area contributed by atoms with Crippen LogP contribution in [0.4, 0.5) is 5.95 Å². The van der Waals surface area contributed by atoms with Gasteiger partial charge in [0.2, 0.25) is 5.95 Å². The largest absolute Gasteiger partial charge is 0.335 e. The van der Waals surface area contributed by atoms with Gasteiger partial charge in [-0.05, 0) is 51.3 Å². The minimum Gasteiger partial charge on any atom is -0.335 e. The Labute approximate surface area is 125 Å². The molecule has 21 heavy (non-hydrogen) atoms. The normalized spacial score (nSPS) is 22.6. The summed E-state index contributed by atoms with van der Waals surface area (Å²) in [6, 6.07) is 7.40. The van der Waals surface area contributed by atoms with Gasteiger partial charge in [-0.1, -0.05) is 12.5 Å². The molecule has 2 aliphatic rings. The molecule has 1 aliphatic carbocycles. The van der Waals surface area contributed by atoms with Crippen LogP contribution in [0.25, 0.3) is 5.65 Å². The second-order valence-electron chi connectivity index (χ2n) is 6.38. The summed E-state index contributed by atoms with van der Waals surface area (Å²) in [6.45, 7) is 4.27. The standard InChI is InChI=1S/C16H23N5/c1-12-5-4-7-15-18-16(19-21(12)15)20(14-8-9-14)11-13-6-2-3-10-17-13/h4-5,7,13-14,17H,2-3,6,8-11H2,1H3. The van der Waals surface area contributed by atoms with E-state index in [2.05, 4.69) is 23.2 Å². The van der Waals surface area contributed by atoms with Crippen LogP contribution >= 0.6 is 0 Å². The first kappa shape index (κ1) is 13.1. The van der Waals surface area contributed by atoms with Crippen LogP contribution in [0.5, 0.6) is 0 Å². The van der Waals surface area contributed by atoms with E-state index in [1.807, 2.05) is 16.6 Å². The van der Waals surface area contributed by atoms with Crippen molar-refractivity contribution in [2.45, 2.75) is 51.1 Å². The maximum Gasteiger partial charge on any atom is 0.245 e. The molecule has 2 aromatic rings. The van der Waals surface area contributed by atoms with Crippen LogP contribution in [-0.4, -0.2) is 39.8 Å². The average Bonchev–Trinajstić information content (AvgIpc) is 3.25. The zero-order valence-electron chi connectivity index (χ0n) is 12.6. The number of hydrogen-bond acceptors (Lipinski definition) is 4. The van der Waals surface area contributed by atoms with E-state index < -0.39 is 0 Å². The molecular formula is C16H23N5. The van der Waals surface area contributed by atoms with Gasteiger partial charge < -0.3 is 10.2 Å². The van der Waals surface area contributed by atoms with E-state index in [1.54, 1.807) is 0 Å². The summed E-state index contributed by atoms with van der Waals surface area (Å²) < 4.78 is 1.96. The second kappa shape index (κ2) is 5.30. The summed E-state index contributed by atoms with van der Waals surface area (Å²) in [4.78, 5) is 7.18. The fraction of sp³-hybridized carbons (Fsp3) is 0.625. The molecule has 4 rings (SSSR count). The predicted octanol–water partition coefficient (Wildman–Crippen LogP) is 2.15. The molecule has 0 amide bonds. The summed E-state index contributed by atoms with van der Waals surface area (Å²) in [7, 11) is 0. The number of pyridine rings is 1. The van der Waals surface area contributed by atoms with E-state index in [0.29, 0.717) is 12.1 Å². The summed E-state index contributed by atoms with van der Waals surface area (Å²) in [6.07, 6.45) is 6.48. The van der Waals surface area contributed by atoms with Crippen molar-refractivity contribution in [1.82, 2.24) is 19.9 Å². The summed E-state index contributed by atoms with van der Waals surface area (Å²) >= 11 is 0. The van der Waals surface area contributed by atoms with E-state index in [-0.39, 0.29) is 0 Å². The highest BCUT2D eigenvalue weighted by Gasteiger charge is 2.33. The third-order valence-corrected chi connectivity index (χ3v) is 4.61. The molecule has 3 heterocycles. The van der Waals surface area contributed by atoms with Gasteiger partial charge in [0.1, 0.15) is 0 Å². The Bertz CT molecular complexity index is 625. The lowest BCUT2D eigenvalue weighted by Crippen LogP contribution is -2.45. The zero-order valence-corrected chi connectivity index (χ0v) is 12.6. The average molecular weight is 285 g/mol. The maximum atomic E-state index is 4.75. The molecule has 0 aromatic carbocycles. The van der Waals surface area contributed by atoms with Gasteiger partial charge in [0.25, 0.3) is 0 Å². The van der Waals surface area contributed by atoms with Crippen molar-refractivity contribution in [2.75, 3.05) is 18.0 Å². The van der Waals surface area contributed by atoms with Gasteiger partial charge in [0.05, 0.1) is 0 Å². The van der Waals surface area contributed by atoms with Crippen molar-refractivity contribution in [3.63, 3.8) is 0 Å². The van der Waals surface area contributed by atoms with Crippen molar-refractivity contribution < 1.29 is 0 Å². The number of fused-ring (bicyclic) bond motifs is 1. The molecule has 1 atom stereocenters. The molecule has 1 saturated heterocycles. The van der Waals surface area contributed by atoms with Gasteiger partial charge in [-0.15, -0.1) is 5.10 Å². The molecule has 2 fully saturated rings. The third-order valence-electron chi connectivity index (χ3n) is 4.61. The molecule has 5 nitrogen and oxygen atoms in total. The predicted molar refractivity (Wildman–Crippen MR) is 83.7 cm³/mol. The number of anilines is 1. The Hall–Kier alpha value is -1.62. The van der Waals surface area contributed by atoms with E-state index in [1.165, 1.54) is 32.1 Å². The van der Waals surface area contributed by atoms with E-state index in [0.717, 1.165) is 30.4 Å². The molecule has 0 bridgehead atoms. The molecule has 5 heteroatoms. The molecule has 112 valence electrons. The molecule has 0 spiro atoms. The molecule has 1 aliphatic heterocycles. The second-order valence-corrected chi connectivity index (χ2v) is 6.38. The van der Waals surface area contributed by atoms with Crippen LogP contribution in [0.3, 0.4) is 0 Å². The summed E-state index contributed by atoms with van der Waals surface area (Å²) in [5.41, 5.74) is 2.09. The molecule has 0 radical (unpaired) electrons. The Balaban J connectivity index is 1.61. The Morgan fingerprint density at radius 2 is 2.19 bits per heavy atom. The van der Waals surface area contributed by atoms with Crippen LogP contribution in [-0.2, 0) is 0 Å². The zero-order chi connectivity index (χ0) is 14.2. The molecule has 1 N–H and O–H groups in total. The number of piperidine rings is 1. The van der Waals surface area contributed by atoms with Crippen molar-refractivity contribution in [3.05, 3.63) is 23.9 Å². The van der Waals surface area contributed by atoms with Crippen LogP contribution in [0.2, 0.25) is 0 Å². The van der Waals surface area contributed by atoms with Gasteiger partial charge in [-0.25, -0.2) is 4.52 Å². The third kappa shape index (κ3) is 2.62. The van der Waals surface area contributed by atoms with Gasteiger partial charge in [0, 0.05) is 24.3 Å². The number of aryl methyl sites for hydroxylation is 1. The Morgan fingerprint density at radius 1 is 1.29 bits per heavy atom. The van der Waals surface area contributed by atoms with E-state index in [4.69, 9.17) is 10.1 Å². The number of hydrogen-bond donors (Lipinski definition) is 1. The van der Waals surface area contributed by atoms with Crippen molar-refractivity contribution in [3.8, 4) is 0 Å². The smallest absolute Gasteiger partial charge is 0.245 e. The van der Waals surface area contributed by atoms with Crippen molar-refractivity contribution >= 4 is 11.6 Å². The summed E-state index contributed by atoms with van der Waals surface area (Å²) in [5.74, 6) is 0.902. The minimum atomic E-state index is 0.590. The molecular weight excluding hydrogens is 262 g/mol. The molecule has 1 unspecified atom stereocenters. The van der Waals surface area contributed by atoms with Crippen LogP contribution in [0, 0.1) is 6.92 Å².